The van der Waals surface area contributed by atoms with Crippen molar-refractivity contribution in [3.8, 4) is 11.5 Å². The predicted octanol–water partition coefficient (Wildman–Crippen LogP) is 3.50. The summed E-state index contributed by atoms with van der Waals surface area (Å²) < 4.78 is 57.8. The van der Waals surface area contributed by atoms with Crippen LogP contribution in [0.15, 0.2) is 30.3 Å². The van der Waals surface area contributed by atoms with Crippen molar-refractivity contribution in [2.24, 2.45) is 5.73 Å². The van der Waals surface area contributed by atoms with Crippen molar-refractivity contribution in [2.45, 2.75) is 18.9 Å². The standard InChI is InChI=1S/C16H16F2N2O3S.ClH/c1-24(21,22)20-14-6-9-2-4-13(19)11(9)8-16(14)23-15-5-3-10(17)7-12(15)18;/h3,5-8,13,20H,2,4,19H2,1H3;1H. The van der Waals surface area contributed by atoms with E-state index in [1.54, 1.807) is 12.1 Å². The lowest BCUT2D eigenvalue weighted by atomic mass is 10.1. The first-order chi connectivity index (χ1) is 11.2. The number of aryl methyl sites for hydroxylation is 1. The van der Waals surface area contributed by atoms with E-state index in [-0.39, 0.29) is 35.6 Å². The van der Waals surface area contributed by atoms with Crippen LogP contribution in [0.25, 0.3) is 0 Å². The summed E-state index contributed by atoms with van der Waals surface area (Å²) in [6.45, 7) is 0. The molecule has 0 aliphatic heterocycles. The molecule has 0 heterocycles. The van der Waals surface area contributed by atoms with E-state index in [4.69, 9.17) is 10.5 Å². The Morgan fingerprint density at radius 1 is 1.20 bits per heavy atom. The summed E-state index contributed by atoms with van der Waals surface area (Å²) in [6.07, 6.45) is 2.47. The molecule has 0 bridgehead atoms. The second-order valence-electron chi connectivity index (χ2n) is 5.74. The Morgan fingerprint density at radius 2 is 1.92 bits per heavy atom. The molecular formula is C16H17ClF2N2O3S. The lowest BCUT2D eigenvalue weighted by Crippen LogP contribution is -2.11. The highest BCUT2D eigenvalue weighted by atomic mass is 35.5. The molecule has 1 aliphatic rings. The zero-order valence-electron chi connectivity index (χ0n) is 13.3. The van der Waals surface area contributed by atoms with Crippen LogP contribution in [0.5, 0.6) is 11.5 Å². The molecule has 0 radical (unpaired) electrons. The molecule has 2 aromatic rings. The molecule has 1 aliphatic carbocycles. The normalized spacial score (nSPS) is 16.1. The maximum atomic E-state index is 13.8. The Bertz CT molecular complexity index is 906. The molecule has 0 saturated carbocycles. The van der Waals surface area contributed by atoms with Crippen LogP contribution in [0.3, 0.4) is 0 Å². The maximum absolute atomic E-state index is 13.8. The van der Waals surface area contributed by atoms with Gasteiger partial charge in [-0.25, -0.2) is 17.2 Å². The fourth-order valence-electron chi connectivity index (χ4n) is 2.71. The number of benzene rings is 2. The van der Waals surface area contributed by atoms with Gasteiger partial charge in [0.2, 0.25) is 10.0 Å². The Kier molecular flexibility index (Phi) is 5.55. The predicted molar refractivity (Wildman–Crippen MR) is 93.8 cm³/mol. The lowest BCUT2D eigenvalue weighted by molar-refractivity contribution is 0.438. The zero-order valence-corrected chi connectivity index (χ0v) is 14.9. The molecule has 0 amide bonds. The number of nitrogens with two attached hydrogens (primary N) is 1. The Hall–Kier alpha value is -1.90. The van der Waals surface area contributed by atoms with Crippen LogP contribution >= 0.6 is 12.4 Å². The van der Waals surface area contributed by atoms with E-state index in [2.05, 4.69) is 4.72 Å². The van der Waals surface area contributed by atoms with E-state index in [0.29, 0.717) is 6.07 Å². The fourth-order valence-corrected chi connectivity index (χ4v) is 3.27. The second kappa shape index (κ2) is 7.15. The zero-order chi connectivity index (χ0) is 17.5. The molecular weight excluding hydrogens is 374 g/mol. The Balaban J connectivity index is 0.00000225. The third-order valence-corrected chi connectivity index (χ3v) is 4.37. The average Bonchev–Trinajstić information content (AvgIpc) is 2.81. The third kappa shape index (κ3) is 4.39. The van der Waals surface area contributed by atoms with E-state index in [1.165, 1.54) is 0 Å². The van der Waals surface area contributed by atoms with Gasteiger partial charge in [0.1, 0.15) is 5.82 Å². The summed E-state index contributed by atoms with van der Waals surface area (Å²) in [4.78, 5) is 0. The van der Waals surface area contributed by atoms with Gasteiger partial charge in [0.05, 0.1) is 11.9 Å². The van der Waals surface area contributed by atoms with Gasteiger partial charge in [-0.1, -0.05) is 0 Å². The first-order valence-electron chi connectivity index (χ1n) is 7.26. The van der Waals surface area contributed by atoms with Crippen molar-refractivity contribution in [3.63, 3.8) is 0 Å². The molecule has 0 saturated heterocycles. The number of nitrogens with one attached hydrogen (secondary N) is 1. The number of ether oxygens (including phenoxy) is 1. The van der Waals surface area contributed by atoms with Gasteiger partial charge in [0, 0.05) is 12.1 Å². The van der Waals surface area contributed by atoms with E-state index in [9.17, 15) is 17.2 Å². The van der Waals surface area contributed by atoms with E-state index in [1.807, 2.05) is 0 Å². The molecule has 0 fully saturated rings. The van der Waals surface area contributed by atoms with Crippen LogP contribution in [0, 0.1) is 11.6 Å². The van der Waals surface area contributed by atoms with Crippen LogP contribution in [0.1, 0.15) is 23.6 Å². The molecule has 2 aromatic carbocycles. The lowest BCUT2D eigenvalue weighted by Gasteiger charge is -2.16. The van der Waals surface area contributed by atoms with Gasteiger partial charge in [0.15, 0.2) is 17.3 Å². The van der Waals surface area contributed by atoms with Crippen LogP contribution in [-0.2, 0) is 16.4 Å². The molecule has 1 unspecified atom stereocenters. The Labute approximate surface area is 150 Å². The number of sulfonamides is 1. The summed E-state index contributed by atoms with van der Waals surface area (Å²) >= 11 is 0. The van der Waals surface area contributed by atoms with Crippen molar-refractivity contribution < 1.29 is 21.9 Å². The van der Waals surface area contributed by atoms with Crippen LogP contribution < -0.4 is 15.2 Å². The molecule has 0 aromatic heterocycles. The first-order valence-corrected chi connectivity index (χ1v) is 9.15. The molecule has 3 N–H and O–H groups in total. The van der Waals surface area contributed by atoms with Crippen LogP contribution in [0.2, 0.25) is 0 Å². The highest BCUT2D eigenvalue weighted by molar-refractivity contribution is 7.92. The number of anilines is 1. The van der Waals surface area contributed by atoms with Gasteiger partial charge in [-0.2, -0.15) is 0 Å². The van der Waals surface area contributed by atoms with Gasteiger partial charge in [0.25, 0.3) is 0 Å². The average molecular weight is 391 g/mol. The quantitative estimate of drug-likeness (QED) is 0.837. The number of rotatable bonds is 4. The minimum absolute atomic E-state index is 0. The van der Waals surface area contributed by atoms with E-state index < -0.39 is 21.7 Å². The minimum Gasteiger partial charge on any atom is -0.452 e. The number of hydrogen-bond donors (Lipinski definition) is 2. The topological polar surface area (TPSA) is 81.4 Å². The van der Waals surface area contributed by atoms with Crippen molar-refractivity contribution >= 4 is 28.1 Å². The van der Waals surface area contributed by atoms with Gasteiger partial charge < -0.3 is 10.5 Å². The minimum atomic E-state index is -3.55. The van der Waals surface area contributed by atoms with Gasteiger partial charge in [-0.3, -0.25) is 4.72 Å². The summed E-state index contributed by atoms with van der Waals surface area (Å²) in [6, 6.07) is 5.94. The summed E-state index contributed by atoms with van der Waals surface area (Å²) in [5, 5.41) is 0. The molecule has 0 spiro atoms. The maximum Gasteiger partial charge on any atom is 0.229 e. The molecule has 1 atom stereocenters. The molecule has 136 valence electrons. The van der Waals surface area contributed by atoms with Gasteiger partial charge >= 0.3 is 0 Å². The smallest absolute Gasteiger partial charge is 0.229 e. The molecule has 9 heteroatoms. The third-order valence-electron chi connectivity index (χ3n) is 3.77. The van der Waals surface area contributed by atoms with E-state index >= 15 is 0 Å². The van der Waals surface area contributed by atoms with Crippen molar-refractivity contribution in [1.82, 2.24) is 0 Å². The largest absolute Gasteiger partial charge is 0.452 e. The van der Waals surface area contributed by atoms with Gasteiger partial charge in [-0.05, 0) is 48.2 Å². The molecule has 3 rings (SSSR count). The summed E-state index contributed by atoms with van der Waals surface area (Å²) in [7, 11) is -3.55. The monoisotopic (exact) mass is 390 g/mol. The highest BCUT2D eigenvalue weighted by Crippen LogP contribution is 2.39. The SMILES string of the molecule is CS(=O)(=O)Nc1cc2c(cc1Oc1ccc(F)cc1F)C(N)CC2.Cl. The highest BCUT2D eigenvalue weighted by Gasteiger charge is 2.23. The number of hydrogen-bond acceptors (Lipinski definition) is 4. The van der Waals surface area contributed by atoms with Crippen LogP contribution in [-0.4, -0.2) is 14.7 Å². The number of halogens is 3. The molecule has 25 heavy (non-hydrogen) atoms. The van der Waals surface area contributed by atoms with Gasteiger partial charge in [-0.15, -0.1) is 12.4 Å². The molecule has 5 nitrogen and oxygen atoms in total. The Morgan fingerprint density at radius 3 is 2.56 bits per heavy atom. The van der Waals surface area contributed by atoms with E-state index in [0.717, 1.165) is 42.4 Å². The van der Waals surface area contributed by atoms with Crippen molar-refractivity contribution in [3.05, 3.63) is 53.1 Å². The van der Waals surface area contributed by atoms with Crippen LogP contribution in [0.4, 0.5) is 14.5 Å². The van der Waals surface area contributed by atoms with Crippen molar-refractivity contribution in [2.75, 3.05) is 11.0 Å². The number of fused-ring (bicyclic) bond motifs is 1. The second-order valence-corrected chi connectivity index (χ2v) is 7.49. The summed E-state index contributed by atoms with van der Waals surface area (Å²) in [5.41, 5.74) is 7.95. The van der Waals surface area contributed by atoms with Crippen molar-refractivity contribution in [1.29, 1.82) is 0 Å². The first kappa shape index (κ1) is 19.4. The fraction of sp³-hybridized carbons (Fsp3) is 0.250. The summed E-state index contributed by atoms with van der Waals surface area (Å²) in [5.74, 6) is -1.71.